The molecule has 0 aliphatic heterocycles. The molecule has 0 bridgehead atoms. The zero-order valence-corrected chi connectivity index (χ0v) is 24.6. The minimum atomic E-state index is -2.08. The Kier molecular flexibility index (Phi) is 8.98. The number of fused-ring (bicyclic) bond motifs is 1. The maximum Gasteiger partial charge on any atom is 0.356 e. The fraction of sp³-hybridized carbons (Fsp3) is 0.462. The third-order valence-corrected chi connectivity index (χ3v) is 13.6. The highest BCUT2D eigenvalue weighted by Gasteiger charge is 2.45. The Morgan fingerprint density at radius 1 is 1.14 bits per heavy atom. The van der Waals surface area contributed by atoms with Gasteiger partial charge in [-0.05, 0) is 63.5 Å². The number of nitrogens with zero attached hydrogens (tertiary/aromatic N) is 2. The Bertz CT molecular complexity index is 1170. The lowest BCUT2D eigenvalue weighted by Crippen LogP contribution is -2.48. The first-order valence-corrected chi connectivity index (χ1v) is 15.2. The van der Waals surface area contributed by atoms with Gasteiger partial charge in [-0.3, -0.25) is 4.98 Å². The van der Waals surface area contributed by atoms with Crippen LogP contribution < -0.4 is 5.32 Å². The van der Waals surface area contributed by atoms with Crippen LogP contribution in [0.2, 0.25) is 16.6 Å². The van der Waals surface area contributed by atoms with Crippen LogP contribution in [0.1, 0.15) is 52.0 Å². The number of benzene rings is 1. The highest BCUT2D eigenvalue weighted by atomic mass is 127. The van der Waals surface area contributed by atoms with Crippen molar-refractivity contribution in [1.82, 2.24) is 9.55 Å². The predicted molar refractivity (Wildman–Crippen MR) is 150 cm³/mol. The van der Waals surface area contributed by atoms with E-state index in [0.717, 1.165) is 9.09 Å². The normalized spacial score (nSPS) is 12.2. The van der Waals surface area contributed by atoms with Gasteiger partial charge in [0, 0.05) is 27.9 Å². The largest absolute Gasteiger partial charge is 0.464 e. The molecule has 0 spiro atoms. The summed E-state index contributed by atoms with van der Waals surface area (Å²) in [5.41, 5.74) is 3.24. The zero-order valence-electron chi connectivity index (χ0n) is 21.5. The molecule has 0 unspecified atom stereocenters. The van der Waals surface area contributed by atoms with E-state index in [1.54, 1.807) is 18.5 Å². The molecule has 35 heavy (non-hydrogen) atoms. The Morgan fingerprint density at radius 2 is 1.80 bits per heavy atom. The van der Waals surface area contributed by atoms with Crippen molar-refractivity contribution in [3.05, 3.63) is 51.7 Å². The van der Waals surface area contributed by atoms with Gasteiger partial charge in [-0.15, -0.1) is 0 Å². The summed E-state index contributed by atoms with van der Waals surface area (Å²) in [4.78, 5) is 17.3. The van der Waals surface area contributed by atoms with Crippen molar-refractivity contribution < 1.29 is 18.3 Å². The lowest BCUT2D eigenvalue weighted by molar-refractivity contribution is 0.0589. The molecule has 3 aromatic rings. The number of aromatic nitrogens is 2. The highest BCUT2D eigenvalue weighted by Crippen LogP contribution is 2.42. The summed E-state index contributed by atoms with van der Waals surface area (Å²) in [6, 6.07) is 6.77. The molecule has 6 nitrogen and oxygen atoms in total. The Morgan fingerprint density at radius 3 is 2.37 bits per heavy atom. The molecule has 1 N–H and O–H groups in total. The second-order valence-corrected chi connectivity index (χ2v) is 16.4. The van der Waals surface area contributed by atoms with Gasteiger partial charge in [0.25, 0.3) is 0 Å². The molecule has 0 aliphatic carbocycles. The third-order valence-electron chi connectivity index (χ3n) is 6.81. The van der Waals surface area contributed by atoms with Crippen molar-refractivity contribution in [2.75, 3.05) is 19.0 Å². The fourth-order valence-electron chi connectivity index (χ4n) is 5.41. The van der Waals surface area contributed by atoms with Gasteiger partial charge >= 0.3 is 5.97 Å². The number of halogens is 2. The number of anilines is 2. The van der Waals surface area contributed by atoms with Crippen LogP contribution in [0.4, 0.5) is 15.8 Å². The topological polar surface area (TPSA) is 65.4 Å². The number of carbonyl (C=O) groups excluding carboxylic acids is 1. The average molecular weight is 612 g/mol. The number of ether oxygens (including phenoxy) is 1. The monoisotopic (exact) mass is 611 g/mol. The van der Waals surface area contributed by atoms with Crippen LogP contribution in [0, 0.1) is 9.39 Å². The second kappa shape index (κ2) is 11.4. The Labute approximate surface area is 221 Å². The quantitative estimate of drug-likeness (QED) is 0.146. The lowest BCUT2D eigenvalue weighted by Gasteiger charge is -2.42. The third kappa shape index (κ3) is 5.41. The van der Waals surface area contributed by atoms with Gasteiger partial charge in [-0.2, -0.15) is 0 Å². The van der Waals surface area contributed by atoms with E-state index in [1.165, 1.54) is 13.2 Å². The number of pyridine rings is 1. The molecule has 0 aliphatic rings. The summed E-state index contributed by atoms with van der Waals surface area (Å²) in [5, 5.41) is 3.85. The molecule has 3 rings (SSSR count). The molecule has 0 atom stereocenters. The minimum absolute atomic E-state index is 0.278. The molecule has 9 heteroatoms. The van der Waals surface area contributed by atoms with Crippen LogP contribution in [0.3, 0.4) is 0 Å². The SMILES string of the molecule is COC(=O)c1c(Nc2ccc(I)cc2F)c2cnccc2n1CCO[Si](C(C)C)(C(C)C)C(C)C. The van der Waals surface area contributed by atoms with Crippen molar-refractivity contribution in [3.63, 3.8) is 0 Å². The molecule has 0 saturated carbocycles. The molecule has 0 amide bonds. The second-order valence-electron chi connectivity index (χ2n) is 9.67. The van der Waals surface area contributed by atoms with Crippen LogP contribution in [-0.2, 0) is 15.7 Å². The number of esters is 1. The van der Waals surface area contributed by atoms with E-state index in [4.69, 9.17) is 9.16 Å². The maximum absolute atomic E-state index is 14.7. The highest BCUT2D eigenvalue weighted by molar-refractivity contribution is 14.1. The van der Waals surface area contributed by atoms with E-state index in [9.17, 15) is 9.18 Å². The summed E-state index contributed by atoms with van der Waals surface area (Å²) >= 11 is 2.06. The van der Waals surface area contributed by atoms with Gasteiger partial charge in [-0.1, -0.05) is 41.5 Å². The smallest absolute Gasteiger partial charge is 0.356 e. The number of hydrogen-bond donors (Lipinski definition) is 1. The molecule has 0 fully saturated rings. The molecular weight excluding hydrogens is 576 g/mol. The summed E-state index contributed by atoms with van der Waals surface area (Å²) in [7, 11) is -0.727. The van der Waals surface area contributed by atoms with Crippen LogP contribution in [-0.4, -0.2) is 37.6 Å². The van der Waals surface area contributed by atoms with Gasteiger partial charge in [0.15, 0.2) is 14.0 Å². The number of methoxy groups -OCH3 is 1. The summed E-state index contributed by atoms with van der Waals surface area (Å²) in [6.07, 6.45) is 3.37. The summed E-state index contributed by atoms with van der Waals surface area (Å²) in [6.45, 7) is 14.4. The van der Waals surface area contributed by atoms with Gasteiger partial charge in [0.2, 0.25) is 0 Å². The molecule has 1 aromatic carbocycles. The number of hydrogen-bond acceptors (Lipinski definition) is 5. The van der Waals surface area contributed by atoms with Gasteiger partial charge in [0.05, 0.1) is 30.6 Å². The number of rotatable bonds is 10. The van der Waals surface area contributed by atoms with Crippen molar-refractivity contribution in [2.45, 2.75) is 64.7 Å². The van der Waals surface area contributed by atoms with Crippen LogP contribution in [0.5, 0.6) is 0 Å². The van der Waals surface area contributed by atoms with Crippen molar-refractivity contribution >= 4 is 59.2 Å². The van der Waals surface area contributed by atoms with Crippen molar-refractivity contribution in [3.8, 4) is 0 Å². The van der Waals surface area contributed by atoms with Crippen LogP contribution >= 0.6 is 22.6 Å². The Hall–Kier alpha value is -1.98. The van der Waals surface area contributed by atoms with Gasteiger partial charge in [0.1, 0.15) is 5.82 Å². The first-order chi connectivity index (χ1) is 16.5. The van der Waals surface area contributed by atoms with E-state index in [2.05, 4.69) is 74.4 Å². The predicted octanol–water partition coefficient (Wildman–Crippen LogP) is 7.50. The van der Waals surface area contributed by atoms with E-state index in [1.807, 2.05) is 16.7 Å². The first kappa shape index (κ1) is 27.6. The van der Waals surface area contributed by atoms with Crippen LogP contribution in [0.15, 0.2) is 36.7 Å². The van der Waals surface area contributed by atoms with E-state index in [-0.39, 0.29) is 5.69 Å². The van der Waals surface area contributed by atoms with Crippen molar-refractivity contribution in [2.24, 2.45) is 0 Å². The minimum Gasteiger partial charge on any atom is -0.464 e. The molecule has 190 valence electrons. The molecular formula is C26H35FIN3O3Si. The molecule has 0 saturated heterocycles. The fourth-order valence-corrected chi connectivity index (χ4v) is 11.3. The Balaban J connectivity index is 2.06. The number of carbonyl (C=O) groups is 1. The van der Waals surface area contributed by atoms with E-state index in [0.29, 0.717) is 46.5 Å². The maximum atomic E-state index is 14.7. The van der Waals surface area contributed by atoms with Gasteiger partial charge < -0.3 is 19.0 Å². The zero-order chi connectivity index (χ0) is 25.9. The molecule has 0 radical (unpaired) electrons. The average Bonchev–Trinajstić information content (AvgIpc) is 3.10. The first-order valence-electron chi connectivity index (χ1n) is 11.9. The van der Waals surface area contributed by atoms with Crippen LogP contribution in [0.25, 0.3) is 10.9 Å². The number of nitrogens with one attached hydrogen (secondary N) is 1. The lowest BCUT2D eigenvalue weighted by atomic mass is 10.2. The standard InChI is InChI=1S/C26H35FIN3O3Si/c1-16(2)35(17(3)4,18(5)6)34-13-12-31-23-10-11-29-15-20(23)24(25(31)26(32)33-7)30-22-9-8-19(28)14-21(22)27/h8-11,14-18,30H,12-13H2,1-7H3. The van der Waals surface area contributed by atoms with Crippen molar-refractivity contribution in [1.29, 1.82) is 0 Å². The molecule has 2 heterocycles. The summed E-state index contributed by atoms with van der Waals surface area (Å²) in [5.74, 6) is -0.905. The van der Waals surface area contributed by atoms with E-state index >= 15 is 0 Å². The summed E-state index contributed by atoms with van der Waals surface area (Å²) < 4.78 is 29.3. The molecule has 2 aromatic heterocycles. The van der Waals surface area contributed by atoms with Gasteiger partial charge in [-0.25, -0.2) is 9.18 Å². The van der Waals surface area contributed by atoms with E-state index < -0.39 is 20.1 Å².